The first-order valence-electron chi connectivity index (χ1n) is 9.47. The zero-order valence-corrected chi connectivity index (χ0v) is 14.6. The lowest BCUT2D eigenvalue weighted by Crippen LogP contribution is -1.87. The van der Waals surface area contributed by atoms with Gasteiger partial charge in [0.2, 0.25) is 0 Å². The summed E-state index contributed by atoms with van der Waals surface area (Å²) in [5.41, 5.74) is 2.87. The van der Waals surface area contributed by atoms with Crippen LogP contribution in [0.3, 0.4) is 0 Å². The number of aromatic amines is 1. The van der Waals surface area contributed by atoms with Crippen molar-refractivity contribution in [1.29, 1.82) is 0 Å². The first-order chi connectivity index (χ1) is 10.3. The van der Waals surface area contributed by atoms with Gasteiger partial charge in [0.25, 0.3) is 0 Å². The van der Waals surface area contributed by atoms with Crippen LogP contribution in [0.5, 0.6) is 0 Å². The molecule has 1 rings (SSSR count). The molecule has 0 aromatic carbocycles. The Morgan fingerprint density at radius 3 is 1.62 bits per heavy atom. The number of aryl methyl sites for hydroxylation is 2. The minimum absolute atomic E-state index is 1.26. The SMILES string of the molecule is CCCCCCCCCCCCCCCc1cc[nH]c1C. The van der Waals surface area contributed by atoms with Gasteiger partial charge in [-0.15, -0.1) is 0 Å². The van der Waals surface area contributed by atoms with E-state index in [2.05, 4.69) is 31.1 Å². The van der Waals surface area contributed by atoms with Crippen LogP contribution in [0.1, 0.15) is 102 Å². The number of hydrogen-bond donors (Lipinski definition) is 1. The molecule has 1 N–H and O–H groups in total. The molecule has 0 spiro atoms. The number of nitrogens with one attached hydrogen (secondary N) is 1. The monoisotopic (exact) mass is 291 g/mol. The lowest BCUT2D eigenvalue weighted by Gasteiger charge is -2.03. The van der Waals surface area contributed by atoms with Crippen LogP contribution >= 0.6 is 0 Å². The second-order valence-electron chi connectivity index (χ2n) is 6.62. The molecule has 0 unspecified atom stereocenters. The molecule has 21 heavy (non-hydrogen) atoms. The molecule has 0 atom stereocenters. The van der Waals surface area contributed by atoms with Crippen LogP contribution in [0.4, 0.5) is 0 Å². The van der Waals surface area contributed by atoms with E-state index in [1.807, 2.05) is 0 Å². The molecule has 0 aliphatic carbocycles. The highest BCUT2D eigenvalue weighted by Crippen LogP contribution is 2.14. The second kappa shape index (κ2) is 13.0. The van der Waals surface area contributed by atoms with Gasteiger partial charge in [0.05, 0.1) is 0 Å². The van der Waals surface area contributed by atoms with Gasteiger partial charge in [-0.25, -0.2) is 0 Å². The smallest absolute Gasteiger partial charge is 0.0148 e. The van der Waals surface area contributed by atoms with E-state index in [0.717, 1.165) is 0 Å². The van der Waals surface area contributed by atoms with Gasteiger partial charge in [0, 0.05) is 11.9 Å². The molecule has 122 valence electrons. The fourth-order valence-electron chi connectivity index (χ4n) is 3.09. The third kappa shape index (κ3) is 9.77. The highest BCUT2D eigenvalue weighted by Gasteiger charge is 1.98. The molecule has 0 fully saturated rings. The lowest BCUT2D eigenvalue weighted by molar-refractivity contribution is 0.539. The molecular formula is C20H37N. The zero-order chi connectivity index (χ0) is 15.2. The fraction of sp³-hybridized carbons (Fsp3) is 0.800. The number of unbranched alkanes of at least 4 members (excludes halogenated alkanes) is 12. The van der Waals surface area contributed by atoms with Crippen molar-refractivity contribution in [2.75, 3.05) is 0 Å². The maximum Gasteiger partial charge on any atom is 0.0148 e. The summed E-state index contributed by atoms with van der Waals surface area (Å²) in [6.45, 7) is 4.47. The number of hydrogen-bond acceptors (Lipinski definition) is 0. The highest BCUT2D eigenvalue weighted by atomic mass is 14.7. The lowest BCUT2D eigenvalue weighted by atomic mass is 10.0. The predicted octanol–water partition coefficient (Wildman–Crippen LogP) is 6.96. The van der Waals surface area contributed by atoms with Crippen LogP contribution in [0.25, 0.3) is 0 Å². The largest absolute Gasteiger partial charge is 0.365 e. The van der Waals surface area contributed by atoms with Crippen molar-refractivity contribution in [3.05, 3.63) is 23.5 Å². The fourth-order valence-corrected chi connectivity index (χ4v) is 3.09. The Morgan fingerprint density at radius 1 is 0.714 bits per heavy atom. The molecule has 0 saturated heterocycles. The Hall–Kier alpha value is -0.720. The Balaban J connectivity index is 1.76. The van der Waals surface area contributed by atoms with Gasteiger partial charge in [-0.05, 0) is 31.4 Å². The topological polar surface area (TPSA) is 15.8 Å². The van der Waals surface area contributed by atoms with E-state index in [0.29, 0.717) is 0 Å². The molecule has 0 aliphatic heterocycles. The van der Waals surface area contributed by atoms with Crippen molar-refractivity contribution in [3.63, 3.8) is 0 Å². The summed E-state index contributed by atoms with van der Waals surface area (Å²) < 4.78 is 0. The molecule has 1 aromatic rings. The van der Waals surface area contributed by atoms with Crippen molar-refractivity contribution in [2.45, 2.75) is 104 Å². The van der Waals surface area contributed by atoms with Crippen molar-refractivity contribution in [1.82, 2.24) is 4.98 Å². The van der Waals surface area contributed by atoms with Gasteiger partial charge in [-0.3, -0.25) is 0 Å². The molecule has 1 aromatic heterocycles. The number of rotatable bonds is 14. The number of aromatic nitrogens is 1. The summed E-state index contributed by atoms with van der Waals surface area (Å²) in [6, 6.07) is 2.23. The van der Waals surface area contributed by atoms with Crippen LogP contribution in [0, 0.1) is 6.92 Å². The summed E-state index contributed by atoms with van der Waals surface area (Å²) >= 11 is 0. The van der Waals surface area contributed by atoms with Gasteiger partial charge < -0.3 is 4.98 Å². The molecule has 1 heteroatoms. The second-order valence-corrected chi connectivity index (χ2v) is 6.62. The van der Waals surface area contributed by atoms with E-state index in [4.69, 9.17) is 0 Å². The average molecular weight is 292 g/mol. The first-order valence-corrected chi connectivity index (χ1v) is 9.47. The van der Waals surface area contributed by atoms with Gasteiger partial charge in [-0.2, -0.15) is 0 Å². The quantitative estimate of drug-likeness (QED) is 0.357. The average Bonchev–Trinajstić information content (AvgIpc) is 2.89. The minimum atomic E-state index is 1.26. The molecule has 0 amide bonds. The van der Waals surface area contributed by atoms with E-state index in [1.54, 1.807) is 0 Å². The van der Waals surface area contributed by atoms with Gasteiger partial charge >= 0.3 is 0 Å². The van der Waals surface area contributed by atoms with E-state index >= 15 is 0 Å². The normalized spacial score (nSPS) is 11.1. The van der Waals surface area contributed by atoms with Crippen LogP contribution in [0.2, 0.25) is 0 Å². The Labute approximate surface area is 132 Å². The van der Waals surface area contributed by atoms with Gasteiger partial charge in [0.15, 0.2) is 0 Å². The van der Waals surface area contributed by atoms with Crippen LogP contribution < -0.4 is 0 Å². The molecular weight excluding hydrogens is 254 g/mol. The van der Waals surface area contributed by atoms with E-state index in [9.17, 15) is 0 Å². The molecule has 1 heterocycles. The van der Waals surface area contributed by atoms with E-state index in [-0.39, 0.29) is 0 Å². The molecule has 0 bridgehead atoms. The standard InChI is InChI=1S/C20H37N/c1-3-4-5-6-7-8-9-10-11-12-13-14-15-16-20-17-18-21-19(20)2/h17-18,21H,3-16H2,1-2H3. The summed E-state index contributed by atoms with van der Waals surface area (Å²) in [6.07, 6.45) is 22.0. The van der Waals surface area contributed by atoms with E-state index in [1.165, 1.54) is 101 Å². The maximum absolute atomic E-state index is 3.27. The predicted molar refractivity (Wildman–Crippen MR) is 94.9 cm³/mol. The maximum atomic E-state index is 3.27. The third-order valence-corrected chi connectivity index (χ3v) is 4.62. The van der Waals surface area contributed by atoms with Crippen molar-refractivity contribution < 1.29 is 0 Å². The number of H-pyrrole nitrogens is 1. The molecule has 0 radical (unpaired) electrons. The van der Waals surface area contributed by atoms with Crippen LogP contribution in [0.15, 0.2) is 12.3 Å². The summed E-state index contributed by atoms with van der Waals surface area (Å²) in [5.74, 6) is 0. The van der Waals surface area contributed by atoms with Crippen molar-refractivity contribution >= 4 is 0 Å². The Bertz CT molecular complexity index is 326. The minimum Gasteiger partial charge on any atom is -0.365 e. The Kier molecular flexibility index (Phi) is 11.3. The van der Waals surface area contributed by atoms with Gasteiger partial charge in [-0.1, -0.05) is 84.0 Å². The molecule has 0 aliphatic rings. The Morgan fingerprint density at radius 2 is 1.19 bits per heavy atom. The summed E-state index contributed by atoms with van der Waals surface area (Å²) in [7, 11) is 0. The van der Waals surface area contributed by atoms with Crippen LogP contribution in [-0.4, -0.2) is 4.98 Å². The molecule has 1 nitrogen and oxygen atoms in total. The third-order valence-electron chi connectivity index (χ3n) is 4.62. The van der Waals surface area contributed by atoms with Crippen molar-refractivity contribution in [3.8, 4) is 0 Å². The van der Waals surface area contributed by atoms with Gasteiger partial charge in [0.1, 0.15) is 0 Å². The highest BCUT2D eigenvalue weighted by molar-refractivity contribution is 5.18. The van der Waals surface area contributed by atoms with Crippen LogP contribution in [-0.2, 0) is 6.42 Å². The van der Waals surface area contributed by atoms with E-state index < -0.39 is 0 Å². The molecule has 0 saturated carbocycles. The summed E-state index contributed by atoms with van der Waals surface area (Å²) in [5, 5.41) is 0. The summed E-state index contributed by atoms with van der Waals surface area (Å²) in [4.78, 5) is 3.27. The zero-order valence-electron chi connectivity index (χ0n) is 14.6. The van der Waals surface area contributed by atoms with Crippen molar-refractivity contribution in [2.24, 2.45) is 0 Å². The first kappa shape index (κ1) is 18.3.